The molecule has 2 N–H and O–H groups in total. The summed E-state index contributed by atoms with van der Waals surface area (Å²) in [6, 6.07) is 19.6. The number of hydrogen-bond acceptors (Lipinski definition) is 4. The van der Waals surface area contributed by atoms with Gasteiger partial charge in [-0.05, 0) is 74.5 Å². The van der Waals surface area contributed by atoms with Crippen molar-refractivity contribution in [1.29, 1.82) is 0 Å². The Morgan fingerprint density at radius 2 is 1.54 bits per heavy atom. The van der Waals surface area contributed by atoms with Crippen molar-refractivity contribution in [2.75, 3.05) is 48.3 Å². The number of rotatable bonds is 7. The Balaban J connectivity index is 1.28. The average Bonchev–Trinajstić information content (AvgIpc) is 2.93. The van der Waals surface area contributed by atoms with E-state index in [4.69, 9.17) is 11.6 Å². The molecule has 0 unspecified atom stereocenters. The number of anilines is 3. The molecule has 39 heavy (non-hydrogen) atoms. The zero-order valence-corrected chi connectivity index (χ0v) is 22.6. The minimum absolute atomic E-state index is 0.0855. The second-order valence-corrected chi connectivity index (χ2v) is 9.95. The Kier molecular flexibility index (Phi) is 9.03. The van der Waals surface area contributed by atoms with Crippen LogP contribution >= 0.6 is 11.6 Å². The van der Waals surface area contributed by atoms with E-state index in [0.29, 0.717) is 42.5 Å². The molecule has 0 atom stereocenters. The van der Waals surface area contributed by atoms with Gasteiger partial charge in [-0.15, -0.1) is 0 Å². The van der Waals surface area contributed by atoms with Gasteiger partial charge in [-0.1, -0.05) is 23.7 Å². The number of nitrogens with zero attached hydrogens (tertiary/aromatic N) is 3. The Hall–Kier alpha value is -4.11. The fourth-order valence-corrected chi connectivity index (χ4v) is 4.41. The fourth-order valence-electron chi connectivity index (χ4n) is 4.28. The lowest BCUT2D eigenvalue weighted by Gasteiger charge is -2.36. The van der Waals surface area contributed by atoms with Crippen molar-refractivity contribution in [2.45, 2.75) is 19.9 Å². The Bertz CT molecular complexity index is 1310. The lowest BCUT2D eigenvalue weighted by atomic mass is 10.1. The van der Waals surface area contributed by atoms with Crippen molar-refractivity contribution in [2.24, 2.45) is 0 Å². The van der Waals surface area contributed by atoms with Gasteiger partial charge in [0.25, 0.3) is 5.91 Å². The van der Waals surface area contributed by atoms with Crippen LogP contribution in [0.4, 0.5) is 26.2 Å². The highest BCUT2D eigenvalue weighted by atomic mass is 35.5. The topological polar surface area (TPSA) is 85.0 Å². The Morgan fingerprint density at radius 1 is 0.897 bits per heavy atom. The number of nitrogens with one attached hydrogen (secondary N) is 2. The van der Waals surface area contributed by atoms with Gasteiger partial charge < -0.3 is 25.3 Å². The van der Waals surface area contributed by atoms with Gasteiger partial charge in [0.1, 0.15) is 12.4 Å². The maximum atomic E-state index is 13.8. The molecule has 0 bridgehead atoms. The first-order chi connectivity index (χ1) is 18.7. The SMILES string of the molecule is CC(C)N(CC(=O)Nc1ccc(N2CCN(C(=O)Nc3ccccc3F)CC2)cc1)C(=O)c1ccc(Cl)cc1. The van der Waals surface area contributed by atoms with E-state index in [0.717, 1.165) is 5.69 Å². The highest BCUT2D eigenvalue weighted by molar-refractivity contribution is 6.30. The molecule has 0 saturated carbocycles. The van der Waals surface area contributed by atoms with Crippen molar-refractivity contribution >= 4 is 46.5 Å². The number of urea groups is 1. The Labute approximate surface area is 232 Å². The zero-order chi connectivity index (χ0) is 27.9. The van der Waals surface area contributed by atoms with E-state index in [2.05, 4.69) is 15.5 Å². The third kappa shape index (κ3) is 7.26. The molecule has 1 aliphatic heterocycles. The molecular weight excluding hydrogens is 521 g/mol. The van der Waals surface area contributed by atoms with Crippen LogP contribution in [0.1, 0.15) is 24.2 Å². The van der Waals surface area contributed by atoms with E-state index in [1.807, 2.05) is 38.1 Å². The summed E-state index contributed by atoms with van der Waals surface area (Å²) in [5.74, 6) is -1.01. The van der Waals surface area contributed by atoms with Crippen molar-refractivity contribution < 1.29 is 18.8 Å². The molecule has 3 aromatic carbocycles. The summed E-state index contributed by atoms with van der Waals surface area (Å²) in [6.45, 7) is 5.85. The van der Waals surface area contributed by atoms with Gasteiger partial charge in [0, 0.05) is 54.2 Å². The predicted molar refractivity (Wildman–Crippen MR) is 152 cm³/mol. The molecule has 3 aromatic rings. The monoisotopic (exact) mass is 551 g/mol. The molecule has 1 aliphatic rings. The van der Waals surface area contributed by atoms with Crippen LogP contribution in [-0.2, 0) is 4.79 Å². The van der Waals surface area contributed by atoms with E-state index >= 15 is 0 Å². The van der Waals surface area contributed by atoms with Gasteiger partial charge in [-0.25, -0.2) is 9.18 Å². The summed E-state index contributed by atoms with van der Waals surface area (Å²) in [7, 11) is 0. The molecule has 10 heteroatoms. The lowest BCUT2D eigenvalue weighted by Crippen LogP contribution is -2.50. The molecule has 204 valence electrons. The van der Waals surface area contributed by atoms with E-state index in [-0.39, 0.29) is 36.1 Å². The van der Waals surface area contributed by atoms with Crippen molar-refractivity contribution in [1.82, 2.24) is 9.80 Å². The van der Waals surface area contributed by atoms with Gasteiger partial charge in [-0.2, -0.15) is 0 Å². The standard InChI is InChI=1S/C29H31ClFN5O3/c1-20(2)36(28(38)21-7-9-22(30)10-8-21)19-27(37)32-23-11-13-24(14-12-23)34-15-17-35(18-16-34)29(39)33-26-6-4-3-5-25(26)31/h3-14,20H,15-19H2,1-2H3,(H,32,37)(H,33,39). The third-order valence-corrected chi connectivity index (χ3v) is 6.74. The largest absolute Gasteiger partial charge is 0.368 e. The maximum absolute atomic E-state index is 13.8. The predicted octanol–water partition coefficient (Wildman–Crippen LogP) is 5.32. The molecule has 0 radical (unpaired) electrons. The number of carbonyl (C=O) groups excluding carboxylic acids is 3. The summed E-state index contributed by atoms with van der Waals surface area (Å²) < 4.78 is 13.8. The first kappa shape index (κ1) is 27.9. The number of carbonyl (C=O) groups is 3. The van der Waals surface area contributed by atoms with Gasteiger partial charge in [-0.3, -0.25) is 9.59 Å². The zero-order valence-electron chi connectivity index (χ0n) is 21.9. The summed E-state index contributed by atoms with van der Waals surface area (Å²) in [6.07, 6.45) is 0. The van der Waals surface area contributed by atoms with Gasteiger partial charge in [0.05, 0.1) is 5.69 Å². The third-order valence-electron chi connectivity index (χ3n) is 6.49. The van der Waals surface area contributed by atoms with Crippen LogP contribution in [0.3, 0.4) is 0 Å². The Morgan fingerprint density at radius 3 is 2.15 bits per heavy atom. The smallest absolute Gasteiger partial charge is 0.322 e. The van der Waals surface area contributed by atoms with Crippen LogP contribution in [0.15, 0.2) is 72.8 Å². The molecule has 1 saturated heterocycles. The highest BCUT2D eigenvalue weighted by Crippen LogP contribution is 2.21. The molecule has 0 aliphatic carbocycles. The molecular formula is C29H31ClFN5O3. The van der Waals surface area contributed by atoms with Gasteiger partial charge in [0.15, 0.2) is 0 Å². The molecule has 0 aromatic heterocycles. The van der Waals surface area contributed by atoms with Crippen LogP contribution in [0, 0.1) is 5.82 Å². The quantitative estimate of drug-likeness (QED) is 0.416. The van der Waals surface area contributed by atoms with Crippen LogP contribution < -0.4 is 15.5 Å². The normalized spacial score (nSPS) is 13.3. The summed E-state index contributed by atoms with van der Waals surface area (Å²) in [5, 5.41) is 6.02. The average molecular weight is 552 g/mol. The lowest BCUT2D eigenvalue weighted by molar-refractivity contribution is -0.117. The number of hydrogen-bond donors (Lipinski definition) is 2. The summed E-state index contributed by atoms with van der Waals surface area (Å²) >= 11 is 5.92. The summed E-state index contributed by atoms with van der Waals surface area (Å²) in [4.78, 5) is 43.5. The van der Waals surface area contributed by atoms with Crippen LogP contribution in [0.5, 0.6) is 0 Å². The van der Waals surface area contributed by atoms with Crippen LogP contribution in [-0.4, -0.2) is 66.4 Å². The van der Waals surface area contributed by atoms with Crippen LogP contribution in [0.2, 0.25) is 5.02 Å². The first-order valence-corrected chi connectivity index (χ1v) is 13.1. The maximum Gasteiger partial charge on any atom is 0.322 e. The second kappa shape index (κ2) is 12.6. The fraction of sp³-hybridized carbons (Fsp3) is 0.276. The number of benzene rings is 3. The second-order valence-electron chi connectivity index (χ2n) is 9.51. The van der Waals surface area contributed by atoms with Gasteiger partial charge >= 0.3 is 6.03 Å². The van der Waals surface area contributed by atoms with Crippen molar-refractivity contribution in [3.05, 3.63) is 89.2 Å². The minimum atomic E-state index is -0.471. The van der Waals surface area contributed by atoms with E-state index in [1.165, 1.54) is 17.0 Å². The first-order valence-electron chi connectivity index (χ1n) is 12.7. The molecule has 8 nitrogen and oxygen atoms in total. The number of piperazine rings is 1. The van der Waals surface area contributed by atoms with E-state index in [1.54, 1.807) is 41.3 Å². The highest BCUT2D eigenvalue weighted by Gasteiger charge is 2.23. The minimum Gasteiger partial charge on any atom is -0.368 e. The number of amides is 4. The van der Waals surface area contributed by atoms with Crippen molar-refractivity contribution in [3.63, 3.8) is 0 Å². The molecule has 0 spiro atoms. The van der Waals surface area contributed by atoms with Crippen molar-refractivity contribution in [3.8, 4) is 0 Å². The van der Waals surface area contributed by atoms with E-state index < -0.39 is 5.82 Å². The van der Waals surface area contributed by atoms with E-state index in [9.17, 15) is 18.8 Å². The van der Waals surface area contributed by atoms with Gasteiger partial charge in [0.2, 0.25) is 5.91 Å². The molecule has 4 rings (SSSR count). The number of para-hydroxylation sites is 1. The van der Waals surface area contributed by atoms with Crippen LogP contribution in [0.25, 0.3) is 0 Å². The summed E-state index contributed by atoms with van der Waals surface area (Å²) in [5.41, 5.74) is 2.21. The molecule has 1 heterocycles. The molecule has 1 fully saturated rings. The molecule has 4 amide bonds. The number of halogens is 2.